The van der Waals surface area contributed by atoms with Crippen LogP contribution in [0.1, 0.15) is 5.56 Å². The van der Waals surface area contributed by atoms with Crippen LogP contribution in [0.15, 0.2) is 29.2 Å². The van der Waals surface area contributed by atoms with Gasteiger partial charge >= 0.3 is 0 Å². The van der Waals surface area contributed by atoms with Crippen molar-refractivity contribution in [3.63, 3.8) is 0 Å². The lowest BCUT2D eigenvalue weighted by Crippen LogP contribution is -2.18. The van der Waals surface area contributed by atoms with Crippen molar-refractivity contribution in [1.82, 2.24) is 5.32 Å². The van der Waals surface area contributed by atoms with Gasteiger partial charge in [0.1, 0.15) is 0 Å². The molecule has 5 heteroatoms. The zero-order valence-corrected chi connectivity index (χ0v) is 10.6. The highest BCUT2D eigenvalue weighted by atomic mass is 127. The number of nitrogens with one attached hydrogen (secondary N) is 2. The van der Waals surface area contributed by atoms with Crippen molar-refractivity contribution in [2.24, 2.45) is 0 Å². The van der Waals surface area contributed by atoms with E-state index in [1.807, 2.05) is 24.3 Å². The number of amides is 1. The summed E-state index contributed by atoms with van der Waals surface area (Å²) in [5.74, 6) is -0.191. The highest BCUT2D eigenvalue weighted by molar-refractivity contribution is 14.1. The summed E-state index contributed by atoms with van der Waals surface area (Å²) in [5, 5.41) is 9.93. The second-order valence-electron chi connectivity index (χ2n) is 2.95. The van der Waals surface area contributed by atoms with Crippen LogP contribution in [0.5, 0.6) is 0 Å². The fourth-order valence-corrected chi connectivity index (χ4v) is 2.21. The Morgan fingerprint density at radius 2 is 2.00 bits per heavy atom. The first kappa shape index (κ1) is 10.7. The summed E-state index contributed by atoms with van der Waals surface area (Å²) in [6.45, 7) is 0. The molecular formula is C10H7IN2OS. The van der Waals surface area contributed by atoms with Gasteiger partial charge in [-0.3, -0.25) is 10.2 Å². The number of thioether (sulfide) groups is 1. The van der Waals surface area contributed by atoms with E-state index in [1.54, 1.807) is 6.08 Å². The van der Waals surface area contributed by atoms with E-state index in [2.05, 4.69) is 27.9 Å². The van der Waals surface area contributed by atoms with E-state index in [1.165, 1.54) is 0 Å². The highest BCUT2D eigenvalue weighted by Crippen LogP contribution is 2.24. The van der Waals surface area contributed by atoms with Crippen molar-refractivity contribution in [3.8, 4) is 0 Å². The predicted octanol–water partition coefficient (Wildman–Crippen LogP) is 2.43. The summed E-state index contributed by atoms with van der Waals surface area (Å²) in [6.07, 6.45) is 1.79. The van der Waals surface area contributed by atoms with E-state index in [4.69, 9.17) is 5.41 Å². The Balaban J connectivity index is 2.27. The van der Waals surface area contributed by atoms with Gasteiger partial charge in [0.05, 0.1) is 4.91 Å². The van der Waals surface area contributed by atoms with E-state index in [0.29, 0.717) is 4.91 Å². The molecule has 1 heterocycles. The molecule has 0 bridgehead atoms. The van der Waals surface area contributed by atoms with Crippen LogP contribution >= 0.6 is 34.4 Å². The molecule has 0 unspecified atom stereocenters. The number of amidine groups is 1. The first-order valence-corrected chi connectivity index (χ1v) is 6.10. The van der Waals surface area contributed by atoms with E-state index < -0.39 is 0 Å². The van der Waals surface area contributed by atoms with Gasteiger partial charge in [0.25, 0.3) is 5.91 Å². The van der Waals surface area contributed by atoms with Crippen LogP contribution in [0.4, 0.5) is 0 Å². The fourth-order valence-electron chi connectivity index (χ4n) is 1.15. The Hall–Kier alpha value is -0.820. The van der Waals surface area contributed by atoms with Gasteiger partial charge in [0.15, 0.2) is 5.17 Å². The third-order valence-electron chi connectivity index (χ3n) is 1.83. The number of rotatable bonds is 1. The van der Waals surface area contributed by atoms with E-state index in [9.17, 15) is 4.79 Å². The fraction of sp³-hybridized carbons (Fsp3) is 0. The molecule has 1 aromatic rings. The summed E-state index contributed by atoms with van der Waals surface area (Å²) >= 11 is 3.38. The smallest absolute Gasteiger partial charge is 0.264 e. The lowest BCUT2D eigenvalue weighted by atomic mass is 10.2. The van der Waals surface area contributed by atoms with Gasteiger partial charge < -0.3 is 5.32 Å². The minimum atomic E-state index is -0.191. The molecule has 1 aromatic carbocycles. The van der Waals surface area contributed by atoms with Crippen molar-refractivity contribution in [2.45, 2.75) is 0 Å². The molecule has 0 radical (unpaired) electrons. The zero-order chi connectivity index (χ0) is 10.8. The maximum Gasteiger partial charge on any atom is 0.264 e. The second-order valence-corrected chi connectivity index (χ2v) is 5.24. The van der Waals surface area contributed by atoms with Gasteiger partial charge in [-0.25, -0.2) is 0 Å². The molecule has 2 rings (SSSR count). The molecule has 0 atom stereocenters. The van der Waals surface area contributed by atoms with Crippen molar-refractivity contribution >= 4 is 51.5 Å². The topological polar surface area (TPSA) is 53.0 Å². The molecule has 1 amide bonds. The van der Waals surface area contributed by atoms with Gasteiger partial charge in [0, 0.05) is 3.57 Å². The molecule has 0 aliphatic carbocycles. The van der Waals surface area contributed by atoms with Gasteiger partial charge in [-0.1, -0.05) is 12.1 Å². The summed E-state index contributed by atoms with van der Waals surface area (Å²) in [6, 6.07) is 7.86. The maximum absolute atomic E-state index is 11.3. The number of carbonyl (C=O) groups excluding carboxylic acids is 1. The Labute approximate surface area is 105 Å². The van der Waals surface area contributed by atoms with E-state index in [-0.39, 0.29) is 11.1 Å². The molecule has 1 saturated heterocycles. The lowest BCUT2D eigenvalue weighted by Gasteiger charge is -1.95. The van der Waals surface area contributed by atoms with Crippen molar-refractivity contribution in [1.29, 1.82) is 5.41 Å². The molecule has 1 fully saturated rings. The summed E-state index contributed by atoms with van der Waals surface area (Å²) in [4.78, 5) is 11.9. The predicted molar refractivity (Wildman–Crippen MR) is 70.6 cm³/mol. The number of benzene rings is 1. The normalized spacial score (nSPS) is 18.3. The average molecular weight is 330 g/mol. The molecule has 76 valence electrons. The van der Waals surface area contributed by atoms with Gasteiger partial charge in [-0.05, 0) is 58.1 Å². The average Bonchev–Trinajstić information content (AvgIpc) is 2.49. The second kappa shape index (κ2) is 4.36. The zero-order valence-electron chi connectivity index (χ0n) is 7.58. The minimum absolute atomic E-state index is 0.191. The Morgan fingerprint density at radius 3 is 2.53 bits per heavy atom. The van der Waals surface area contributed by atoms with Gasteiger partial charge in [-0.15, -0.1) is 0 Å². The quantitative estimate of drug-likeness (QED) is 0.614. The SMILES string of the molecule is N=C1NC(=O)C(=Cc2ccc(I)cc2)S1. The van der Waals surface area contributed by atoms with Crippen LogP contribution in [-0.4, -0.2) is 11.1 Å². The van der Waals surface area contributed by atoms with E-state index >= 15 is 0 Å². The third-order valence-corrected chi connectivity index (χ3v) is 3.38. The highest BCUT2D eigenvalue weighted by Gasteiger charge is 2.21. The summed E-state index contributed by atoms with van der Waals surface area (Å²) < 4.78 is 1.16. The number of hydrogen-bond acceptors (Lipinski definition) is 3. The van der Waals surface area contributed by atoms with Crippen LogP contribution in [-0.2, 0) is 4.79 Å². The Morgan fingerprint density at radius 1 is 1.33 bits per heavy atom. The molecule has 1 aliphatic rings. The largest absolute Gasteiger partial charge is 0.301 e. The van der Waals surface area contributed by atoms with Crippen LogP contribution < -0.4 is 5.32 Å². The molecular weight excluding hydrogens is 323 g/mol. The summed E-state index contributed by atoms with van der Waals surface area (Å²) in [7, 11) is 0. The molecule has 1 aliphatic heterocycles. The van der Waals surface area contributed by atoms with Crippen LogP contribution in [0.2, 0.25) is 0 Å². The maximum atomic E-state index is 11.3. The molecule has 0 spiro atoms. The van der Waals surface area contributed by atoms with Crippen molar-refractivity contribution < 1.29 is 4.79 Å². The van der Waals surface area contributed by atoms with Crippen molar-refractivity contribution in [2.75, 3.05) is 0 Å². The van der Waals surface area contributed by atoms with Gasteiger partial charge in [0.2, 0.25) is 0 Å². The monoisotopic (exact) mass is 330 g/mol. The molecule has 2 N–H and O–H groups in total. The first-order chi connectivity index (χ1) is 7.15. The first-order valence-electron chi connectivity index (χ1n) is 4.20. The van der Waals surface area contributed by atoms with Crippen LogP contribution in [0.25, 0.3) is 6.08 Å². The van der Waals surface area contributed by atoms with Crippen LogP contribution in [0, 0.1) is 8.98 Å². The Kier molecular flexibility index (Phi) is 3.11. The van der Waals surface area contributed by atoms with Gasteiger partial charge in [-0.2, -0.15) is 0 Å². The minimum Gasteiger partial charge on any atom is -0.301 e. The number of halogens is 1. The molecule has 0 saturated carbocycles. The number of carbonyl (C=O) groups is 1. The van der Waals surface area contributed by atoms with Crippen molar-refractivity contribution in [3.05, 3.63) is 38.3 Å². The summed E-state index contributed by atoms with van der Waals surface area (Å²) in [5.41, 5.74) is 0.975. The molecule has 15 heavy (non-hydrogen) atoms. The van der Waals surface area contributed by atoms with E-state index in [0.717, 1.165) is 20.9 Å². The Bertz CT molecular complexity index is 453. The molecule has 0 aromatic heterocycles. The third kappa shape index (κ3) is 2.60. The lowest BCUT2D eigenvalue weighted by molar-refractivity contribution is -0.115. The van der Waals surface area contributed by atoms with Crippen LogP contribution in [0.3, 0.4) is 0 Å². The number of hydrogen-bond donors (Lipinski definition) is 2. The molecule has 3 nitrogen and oxygen atoms in total. The standard InChI is InChI=1S/C10H7IN2OS/c11-7-3-1-6(2-4-7)5-8-9(14)13-10(12)15-8/h1-5H,(H2,12,13,14).